The first kappa shape index (κ1) is 24.6. The van der Waals surface area contributed by atoms with E-state index in [0.717, 1.165) is 5.56 Å². The molecule has 0 aliphatic carbocycles. The second-order valence-electron chi connectivity index (χ2n) is 7.98. The minimum Gasteiger partial charge on any atom is -0.507 e. The number of anilines is 1. The van der Waals surface area contributed by atoms with Crippen molar-refractivity contribution in [3.8, 4) is 11.5 Å². The molecule has 0 spiro atoms. The summed E-state index contributed by atoms with van der Waals surface area (Å²) in [6, 6.07) is 16.3. The van der Waals surface area contributed by atoms with Crippen molar-refractivity contribution in [2.45, 2.75) is 19.9 Å². The number of methoxy groups -OCH3 is 1. The average Bonchev–Trinajstić information content (AvgIpc) is 3.10. The molecule has 180 valence electrons. The highest BCUT2D eigenvalue weighted by Crippen LogP contribution is 2.45. The molecule has 6 nitrogen and oxygen atoms in total. The quantitative estimate of drug-likeness (QED) is 0.237. The van der Waals surface area contributed by atoms with Crippen LogP contribution in [-0.2, 0) is 9.59 Å². The molecule has 1 unspecified atom stereocenters. The number of ketones is 1. The number of carbonyl (C=O) groups is 2. The number of aliphatic hydroxyl groups excluding tert-OH is 1. The maximum Gasteiger partial charge on any atom is 0.300 e. The third kappa shape index (κ3) is 4.59. The molecular formula is C27H23Cl2NO5. The topological polar surface area (TPSA) is 76.1 Å². The second kappa shape index (κ2) is 10.0. The van der Waals surface area contributed by atoms with E-state index in [1.54, 1.807) is 36.4 Å². The predicted octanol–water partition coefficient (Wildman–Crippen LogP) is 6.34. The molecule has 0 radical (unpaired) electrons. The number of rotatable bonds is 6. The summed E-state index contributed by atoms with van der Waals surface area (Å²) in [4.78, 5) is 28.0. The van der Waals surface area contributed by atoms with Gasteiger partial charge in [0.2, 0.25) is 0 Å². The van der Waals surface area contributed by atoms with Crippen molar-refractivity contribution in [3.05, 3.63) is 93.0 Å². The molecule has 1 atom stereocenters. The number of ether oxygens (including phenoxy) is 2. The summed E-state index contributed by atoms with van der Waals surface area (Å²) < 4.78 is 10.9. The SMILES string of the molecule is CCOc1ccc(C2/C(=C(\O)c3cc(Cl)cc(Cl)c3OC)C(=O)C(=O)N2c2ccc(C)cc2)cc1. The van der Waals surface area contributed by atoms with Gasteiger partial charge in [-0.1, -0.05) is 53.0 Å². The average molecular weight is 512 g/mol. The highest BCUT2D eigenvalue weighted by atomic mass is 35.5. The van der Waals surface area contributed by atoms with Crippen LogP contribution in [0.4, 0.5) is 5.69 Å². The van der Waals surface area contributed by atoms with Crippen LogP contribution in [0.15, 0.2) is 66.2 Å². The molecule has 1 heterocycles. The lowest BCUT2D eigenvalue weighted by Gasteiger charge is -2.26. The van der Waals surface area contributed by atoms with Gasteiger partial charge in [-0.15, -0.1) is 0 Å². The molecule has 1 saturated heterocycles. The minimum absolute atomic E-state index is 0.101. The maximum atomic E-state index is 13.4. The minimum atomic E-state index is -0.907. The van der Waals surface area contributed by atoms with Gasteiger partial charge in [0.1, 0.15) is 17.3 Å². The monoisotopic (exact) mass is 511 g/mol. The highest BCUT2D eigenvalue weighted by molar-refractivity contribution is 6.51. The first-order valence-corrected chi connectivity index (χ1v) is 11.7. The van der Waals surface area contributed by atoms with E-state index in [1.807, 2.05) is 26.0 Å². The number of aryl methyl sites for hydroxylation is 1. The number of halogens is 2. The van der Waals surface area contributed by atoms with Crippen molar-refractivity contribution in [3.63, 3.8) is 0 Å². The van der Waals surface area contributed by atoms with Gasteiger partial charge in [-0.3, -0.25) is 14.5 Å². The molecule has 3 aromatic rings. The molecule has 0 aromatic heterocycles. The van der Waals surface area contributed by atoms with Gasteiger partial charge >= 0.3 is 0 Å². The summed E-state index contributed by atoms with van der Waals surface area (Å²) >= 11 is 12.5. The smallest absolute Gasteiger partial charge is 0.300 e. The van der Waals surface area contributed by atoms with Crippen molar-refractivity contribution in [2.24, 2.45) is 0 Å². The summed E-state index contributed by atoms with van der Waals surface area (Å²) in [5.74, 6) is -1.24. The molecule has 3 aromatic carbocycles. The van der Waals surface area contributed by atoms with Gasteiger partial charge < -0.3 is 14.6 Å². The lowest BCUT2D eigenvalue weighted by atomic mass is 9.94. The predicted molar refractivity (Wildman–Crippen MR) is 137 cm³/mol. The Hall–Kier alpha value is -3.48. The highest BCUT2D eigenvalue weighted by Gasteiger charge is 2.47. The van der Waals surface area contributed by atoms with E-state index in [9.17, 15) is 14.7 Å². The molecule has 0 bridgehead atoms. The van der Waals surface area contributed by atoms with E-state index in [0.29, 0.717) is 23.6 Å². The molecule has 35 heavy (non-hydrogen) atoms. The Morgan fingerprint density at radius 3 is 2.29 bits per heavy atom. The van der Waals surface area contributed by atoms with Gasteiger partial charge in [-0.2, -0.15) is 0 Å². The van der Waals surface area contributed by atoms with Crippen LogP contribution in [0.3, 0.4) is 0 Å². The summed E-state index contributed by atoms with van der Waals surface area (Å²) in [7, 11) is 1.39. The zero-order chi connectivity index (χ0) is 25.3. The molecule has 1 fully saturated rings. The van der Waals surface area contributed by atoms with Crippen LogP contribution in [0, 0.1) is 6.92 Å². The molecule has 0 saturated carbocycles. The summed E-state index contributed by atoms with van der Waals surface area (Å²) in [6.07, 6.45) is 0. The van der Waals surface area contributed by atoms with Crippen LogP contribution >= 0.6 is 23.2 Å². The van der Waals surface area contributed by atoms with E-state index < -0.39 is 23.5 Å². The zero-order valence-electron chi connectivity index (χ0n) is 19.3. The van der Waals surface area contributed by atoms with E-state index in [1.165, 1.54) is 24.1 Å². The number of aliphatic hydroxyl groups is 1. The van der Waals surface area contributed by atoms with Crippen LogP contribution in [0.5, 0.6) is 11.5 Å². The summed E-state index contributed by atoms with van der Waals surface area (Å²) in [5.41, 5.74) is 2.15. The van der Waals surface area contributed by atoms with Gasteiger partial charge in [0.25, 0.3) is 11.7 Å². The van der Waals surface area contributed by atoms with Gasteiger partial charge in [-0.05, 0) is 55.8 Å². The van der Waals surface area contributed by atoms with Gasteiger partial charge in [-0.25, -0.2) is 0 Å². The fourth-order valence-corrected chi connectivity index (χ4v) is 4.69. The van der Waals surface area contributed by atoms with E-state index >= 15 is 0 Å². The van der Waals surface area contributed by atoms with Gasteiger partial charge in [0.15, 0.2) is 0 Å². The Balaban J connectivity index is 1.96. The van der Waals surface area contributed by atoms with Crippen LogP contribution < -0.4 is 14.4 Å². The number of nitrogens with zero attached hydrogens (tertiary/aromatic N) is 1. The fourth-order valence-electron chi connectivity index (χ4n) is 4.12. The number of benzene rings is 3. The normalized spacial score (nSPS) is 17.1. The maximum absolute atomic E-state index is 13.4. The number of amides is 1. The number of hydrogen-bond acceptors (Lipinski definition) is 5. The molecule has 1 aliphatic rings. The fraction of sp³-hybridized carbons (Fsp3) is 0.185. The molecule has 1 N–H and O–H groups in total. The van der Waals surface area contributed by atoms with Gasteiger partial charge in [0.05, 0.1) is 35.9 Å². The first-order valence-electron chi connectivity index (χ1n) is 10.9. The Morgan fingerprint density at radius 2 is 1.69 bits per heavy atom. The molecule has 4 rings (SSSR count). The number of Topliss-reactive ketones (excluding diaryl/α,β-unsaturated/α-hetero) is 1. The standard InChI is InChI=1S/C27H23Cl2NO5/c1-4-35-19-11-7-16(8-12-19)23-22(24(31)20-13-17(28)14-21(29)26(20)34-3)25(32)27(33)30(23)18-9-5-15(2)6-10-18/h5-14,23,31H,4H2,1-3H3/b24-22+. The molecular weight excluding hydrogens is 489 g/mol. The Kier molecular flexibility index (Phi) is 7.05. The summed E-state index contributed by atoms with van der Waals surface area (Å²) in [5, 5.41) is 11.8. The van der Waals surface area contributed by atoms with E-state index in [-0.39, 0.29) is 26.9 Å². The van der Waals surface area contributed by atoms with E-state index in [2.05, 4.69) is 0 Å². The largest absolute Gasteiger partial charge is 0.507 e. The Bertz CT molecular complexity index is 1320. The van der Waals surface area contributed by atoms with Crippen molar-refractivity contribution in [2.75, 3.05) is 18.6 Å². The number of carbonyl (C=O) groups excluding carboxylic acids is 2. The van der Waals surface area contributed by atoms with Gasteiger partial charge in [0, 0.05) is 10.7 Å². The Morgan fingerprint density at radius 1 is 1.03 bits per heavy atom. The van der Waals surface area contributed by atoms with Crippen LogP contribution in [0.25, 0.3) is 5.76 Å². The lowest BCUT2D eigenvalue weighted by Crippen LogP contribution is -2.29. The van der Waals surface area contributed by atoms with Crippen LogP contribution in [0.1, 0.15) is 29.7 Å². The van der Waals surface area contributed by atoms with Crippen LogP contribution in [-0.4, -0.2) is 30.5 Å². The third-order valence-electron chi connectivity index (χ3n) is 5.73. The first-order chi connectivity index (χ1) is 16.8. The lowest BCUT2D eigenvalue weighted by molar-refractivity contribution is -0.132. The van der Waals surface area contributed by atoms with Crippen molar-refractivity contribution >= 4 is 46.3 Å². The Labute approximate surface area is 213 Å². The molecule has 8 heteroatoms. The van der Waals surface area contributed by atoms with E-state index in [4.69, 9.17) is 32.7 Å². The van der Waals surface area contributed by atoms with Crippen LogP contribution in [0.2, 0.25) is 10.0 Å². The van der Waals surface area contributed by atoms with Crippen molar-refractivity contribution in [1.29, 1.82) is 0 Å². The van der Waals surface area contributed by atoms with Crippen molar-refractivity contribution in [1.82, 2.24) is 0 Å². The molecule has 1 amide bonds. The second-order valence-corrected chi connectivity index (χ2v) is 8.82. The third-order valence-corrected chi connectivity index (χ3v) is 6.23. The molecule has 1 aliphatic heterocycles. The number of hydrogen-bond donors (Lipinski definition) is 1. The summed E-state index contributed by atoms with van der Waals surface area (Å²) in [6.45, 7) is 4.30. The zero-order valence-corrected chi connectivity index (χ0v) is 20.9. The van der Waals surface area contributed by atoms with Crippen molar-refractivity contribution < 1.29 is 24.2 Å².